The average molecular weight is 259 g/mol. The van der Waals surface area contributed by atoms with Gasteiger partial charge in [-0.2, -0.15) is 11.3 Å². The highest BCUT2D eigenvalue weighted by Crippen LogP contribution is 2.13. The molecule has 1 aromatic carbocycles. The van der Waals surface area contributed by atoms with Crippen LogP contribution in [0.4, 0.5) is 0 Å². The van der Waals surface area contributed by atoms with Crippen molar-refractivity contribution in [3.05, 3.63) is 58.3 Å². The summed E-state index contributed by atoms with van der Waals surface area (Å²) in [6, 6.07) is 11.5. The molecule has 2 nitrogen and oxygen atoms in total. The van der Waals surface area contributed by atoms with Gasteiger partial charge in [0.05, 0.1) is 6.04 Å². The predicted molar refractivity (Wildman–Crippen MR) is 76.0 cm³/mol. The molecule has 2 aromatic rings. The van der Waals surface area contributed by atoms with E-state index in [0.717, 1.165) is 12.1 Å². The number of thiophene rings is 1. The molecular formula is C15H17NOS. The summed E-state index contributed by atoms with van der Waals surface area (Å²) in [6.07, 6.45) is 0. The zero-order chi connectivity index (χ0) is 13.0. The van der Waals surface area contributed by atoms with Crippen LogP contribution in [0.3, 0.4) is 0 Å². The number of likely N-dealkylation sites (N-methyl/N-ethyl adjacent to an activating group) is 1. The van der Waals surface area contributed by atoms with Crippen LogP contribution in [0.15, 0.2) is 47.2 Å². The molecule has 0 saturated heterocycles. The molecule has 1 heterocycles. The largest absolute Gasteiger partial charge is 0.292 e. The van der Waals surface area contributed by atoms with Crippen molar-refractivity contribution in [3.63, 3.8) is 0 Å². The fraction of sp³-hybridized carbons (Fsp3) is 0.267. The Labute approximate surface area is 112 Å². The molecule has 94 valence electrons. The SMILES string of the molecule is CC(C(=O)c1ccccc1)N(C)Cc1ccsc1. The summed E-state index contributed by atoms with van der Waals surface area (Å²) in [5.41, 5.74) is 2.04. The van der Waals surface area contributed by atoms with Crippen LogP contribution in [0.1, 0.15) is 22.8 Å². The minimum absolute atomic E-state index is 0.104. The molecule has 0 saturated carbocycles. The van der Waals surface area contributed by atoms with E-state index in [2.05, 4.69) is 21.7 Å². The molecule has 0 bridgehead atoms. The molecule has 0 aliphatic carbocycles. The molecule has 1 atom stereocenters. The molecule has 0 spiro atoms. The van der Waals surface area contributed by atoms with Gasteiger partial charge in [0.25, 0.3) is 0 Å². The average Bonchev–Trinajstić information content (AvgIpc) is 2.91. The smallest absolute Gasteiger partial charge is 0.179 e. The maximum absolute atomic E-state index is 12.3. The van der Waals surface area contributed by atoms with Crippen LogP contribution in [0.5, 0.6) is 0 Å². The van der Waals surface area contributed by atoms with E-state index in [4.69, 9.17) is 0 Å². The third kappa shape index (κ3) is 3.06. The Morgan fingerprint density at radius 2 is 2.00 bits per heavy atom. The number of nitrogens with zero attached hydrogens (tertiary/aromatic N) is 1. The van der Waals surface area contributed by atoms with E-state index in [1.54, 1.807) is 11.3 Å². The molecular weight excluding hydrogens is 242 g/mol. The molecule has 0 aliphatic rings. The van der Waals surface area contributed by atoms with E-state index < -0.39 is 0 Å². The van der Waals surface area contributed by atoms with Crippen LogP contribution in [-0.4, -0.2) is 23.8 Å². The van der Waals surface area contributed by atoms with Crippen LogP contribution < -0.4 is 0 Å². The highest BCUT2D eigenvalue weighted by atomic mass is 32.1. The third-order valence-electron chi connectivity index (χ3n) is 3.11. The van der Waals surface area contributed by atoms with Gasteiger partial charge in [0.2, 0.25) is 0 Å². The molecule has 0 aliphatic heterocycles. The van der Waals surface area contributed by atoms with E-state index in [9.17, 15) is 4.79 Å². The van der Waals surface area contributed by atoms with Crippen molar-refractivity contribution in [1.29, 1.82) is 0 Å². The van der Waals surface area contributed by atoms with E-state index in [1.165, 1.54) is 5.56 Å². The summed E-state index contributed by atoms with van der Waals surface area (Å²) in [4.78, 5) is 14.4. The third-order valence-corrected chi connectivity index (χ3v) is 3.84. The lowest BCUT2D eigenvalue weighted by atomic mass is 10.0. The molecule has 18 heavy (non-hydrogen) atoms. The molecule has 3 heteroatoms. The highest BCUT2D eigenvalue weighted by molar-refractivity contribution is 7.07. The summed E-state index contributed by atoms with van der Waals surface area (Å²) >= 11 is 1.69. The quantitative estimate of drug-likeness (QED) is 0.767. The van der Waals surface area contributed by atoms with Crippen LogP contribution >= 0.6 is 11.3 Å². The Balaban J connectivity index is 2.02. The first-order valence-corrected chi connectivity index (χ1v) is 6.93. The Bertz CT molecular complexity index is 492. The minimum Gasteiger partial charge on any atom is -0.292 e. The second-order valence-corrected chi connectivity index (χ2v) is 5.23. The number of hydrogen-bond acceptors (Lipinski definition) is 3. The molecule has 0 fully saturated rings. The highest BCUT2D eigenvalue weighted by Gasteiger charge is 2.19. The Morgan fingerprint density at radius 1 is 1.28 bits per heavy atom. The number of ketones is 1. The fourth-order valence-electron chi connectivity index (χ4n) is 1.85. The van der Waals surface area contributed by atoms with E-state index in [1.807, 2.05) is 44.3 Å². The van der Waals surface area contributed by atoms with Crippen molar-refractivity contribution in [2.75, 3.05) is 7.05 Å². The lowest BCUT2D eigenvalue weighted by Gasteiger charge is -2.23. The summed E-state index contributed by atoms with van der Waals surface area (Å²) in [6.45, 7) is 2.77. The van der Waals surface area contributed by atoms with E-state index in [0.29, 0.717) is 0 Å². The van der Waals surface area contributed by atoms with Gasteiger partial charge in [-0.3, -0.25) is 9.69 Å². The van der Waals surface area contributed by atoms with Crippen molar-refractivity contribution in [3.8, 4) is 0 Å². The van der Waals surface area contributed by atoms with Crippen molar-refractivity contribution >= 4 is 17.1 Å². The molecule has 0 amide bonds. The van der Waals surface area contributed by atoms with E-state index in [-0.39, 0.29) is 11.8 Å². The van der Waals surface area contributed by atoms with Crippen LogP contribution in [-0.2, 0) is 6.54 Å². The number of benzene rings is 1. The van der Waals surface area contributed by atoms with E-state index >= 15 is 0 Å². The van der Waals surface area contributed by atoms with Crippen molar-refractivity contribution in [2.45, 2.75) is 19.5 Å². The van der Waals surface area contributed by atoms with Gasteiger partial charge in [-0.05, 0) is 36.4 Å². The number of hydrogen-bond donors (Lipinski definition) is 0. The first kappa shape index (κ1) is 13.0. The normalized spacial score (nSPS) is 12.6. The number of carbonyl (C=O) groups excluding carboxylic acids is 1. The van der Waals surface area contributed by atoms with Gasteiger partial charge in [0, 0.05) is 12.1 Å². The second-order valence-electron chi connectivity index (χ2n) is 4.45. The zero-order valence-electron chi connectivity index (χ0n) is 10.7. The summed E-state index contributed by atoms with van der Waals surface area (Å²) in [7, 11) is 1.99. The van der Waals surface area contributed by atoms with Crippen molar-refractivity contribution in [2.24, 2.45) is 0 Å². The molecule has 0 N–H and O–H groups in total. The number of carbonyl (C=O) groups is 1. The molecule has 2 rings (SSSR count). The Morgan fingerprint density at radius 3 is 2.61 bits per heavy atom. The van der Waals surface area contributed by atoms with Crippen LogP contribution in [0.2, 0.25) is 0 Å². The maximum atomic E-state index is 12.3. The molecule has 1 aromatic heterocycles. The van der Waals surface area contributed by atoms with Crippen LogP contribution in [0, 0.1) is 0 Å². The predicted octanol–water partition coefficient (Wildman–Crippen LogP) is 3.45. The van der Waals surface area contributed by atoms with Crippen molar-refractivity contribution < 1.29 is 4.79 Å². The van der Waals surface area contributed by atoms with Gasteiger partial charge in [0.1, 0.15) is 0 Å². The molecule has 0 radical (unpaired) electrons. The van der Waals surface area contributed by atoms with Gasteiger partial charge < -0.3 is 0 Å². The monoisotopic (exact) mass is 259 g/mol. The van der Waals surface area contributed by atoms with Gasteiger partial charge in [-0.25, -0.2) is 0 Å². The second kappa shape index (κ2) is 5.94. The number of Topliss-reactive ketones (excluding diaryl/α,β-unsaturated/α-hetero) is 1. The van der Waals surface area contributed by atoms with Gasteiger partial charge in [-0.1, -0.05) is 30.3 Å². The minimum atomic E-state index is -0.104. The first-order chi connectivity index (χ1) is 8.68. The van der Waals surface area contributed by atoms with Gasteiger partial charge >= 0.3 is 0 Å². The zero-order valence-corrected chi connectivity index (χ0v) is 11.5. The first-order valence-electron chi connectivity index (χ1n) is 5.99. The fourth-order valence-corrected chi connectivity index (χ4v) is 2.51. The number of rotatable bonds is 5. The Kier molecular flexibility index (Phi) is 4.28. The summed E-state index contributed by atoms with van der Waals surface area (Å²) < 4.78 is 0. The maximum Gasteiger partial charge on any atom is 0.179 e. The lowest BCUT2D eigenvalue weighted by molar-refractivity contribution is 0.0862. The van der Waals surface area contributed by atoms with Gasteiger partial charge in [-0.15, -0.1) is 0 Å². The molecule has 1 unspecified atom stereocenters. The summed E-state index contributed by atoms with van der Waals surface area (Å²) in [5.74, 6) is 0.174. The van der Waals surface area contributed by atoms with Crippen molar-refractivity contribution in [1.82, 2.24) is 4.90 Å². The standard InChI is InChI=1S/C15H17NOS/c1-12(15(17)14-6-4-3-5-7-14)16(2)10-13-8-9-18-11-13/h3-9,11-12H,10H2,1-2H3. The topological polar surface area (TPSA) is 20.3 Å². The Hall–Kier alpha value is -1.45. The summed E-state index contributed by atoms with van der Waals surface area (Å²) in [5, 5.41) is 4.18. The van der Waals surface area contributed by atoms with Gasteiger partial charge in [0.15, 0.2) is 5.78 Å². The van der Waals surface area contributed by atoms with Crippen LogP contribution in [0.25, 0.3) is 0 Å². The lowest BCUT2D eigenvalue weighted by Crippen LogP contribution is -2.35.